The number of ether oxygens (including phenoxy) is 1. The molecule has 0 spiro atoms. The minimum atomic E-state index is -1.60. The molecule has 2 aromatic carbocycles. The van der Waals surface area contributed by atoms with Crippen molar-refractivity contribution in [1.82, 2.24) is 4.90 Å². The highest BCUT2D eigenvalue weighted by Crippen LogP contribution is 2.42. The Kier molecular flexibility index (Phi) is 8.61. The first-order valence-corrected chi connectivity index (χ1v) is 11.7. The maximum absolute atomic E-state index is 15.1. The molecule has 0 amide bonds. The van der Waals surface area contributed by atoms with Gasteiger partial charge in [0, 0.05) is 37.4 Å². The second-order valence-electron chi connectivity index (χ2n) is 9.62. The zero-order valence-electron chi connectivity index (χ0n) is 20.2. The summed E-state index contributed by atoms with van der Waals surface area (Å²) in [6, 6.07) is 5.63. The van der Waals surface area contributed by atoms with Crippen molar-refractivity contribution in [3.63, 3.8) is 0 Å². The lowest BCUT2D eigenvalue weighted by Crippen LogP contribution is -2.48. The van der Waals surface area contributed by atoms with Crippen LogP contribution in [0.4, 0.5) is 13.2 Å². The Morgan fingerprint density at radius 2 is 1.80 bits per heavy atom. The van der Waals surface area contributed by atoms with Crippen LogP contribution in [0.15, 0.2) is 36.4 Å². The number of carboxylic acid groups (broad SMARTS) is 1. The molecule has 2 atom stereocenters. The summed E-state index contributed by atoms with van der Waals surface area (Å²) in [5.41, 5.74) is -0.415. The van der Waals surface area contributed by atoms with E-state index in [1.807, 2.05) is 6.92 Å². The van der Waals surface area contributed by atoms with E-state index in [0.717, 1.165) is 43.1 Å². The van der Waals surface area contributed by atoms with Gasteiger partial charge in [-0.3, -0.25) is 4.90 Å². The predicted octanol–water partition coefficient (Wildman–Crippen LogP) is 5.65. The molecule has 2 unspecified atom stereocenters. The smallest absolute Gasteiger partial charge is 0.328 e. The molecule has 0 bridgehead atoms. The third-order valence-electron chi connectivity index (χ3n) is 6.01. The maximum atomic E-state index is 15.1. The van der Waals surface area contributed by atoms with Crippen LogP contribution >= 0.6 is 0 Å². The van der Waals surface area contributed by atoms with Gasteiger partial charge >= 0.3 is 5.97 Å². The summed E-state index contributed by atoms with van der Waals surface area (Å²) >= 11 is 0. The molecule has 2 aliphatic rings. The summed E-state index contributed by atoms with van der Waals surface area (Å²) in [5.74, 6) is -2.88. The summed E-state index contributed by atoms with van der Waals surface area (Å²) < 4.78 is 49.8. The number of alkyl halides is 1. The Hall–Kier alpha value is -2.84. The normalized spacial score (nSPS) is 20.4. The SMILES string of the molecule is C1CCOC1.CC1Cc2cc(O)ccc2C(c2c(F)cc(/C=C/C(=O)O)cc2F)N1CC(C)(C)F. The standard InChI is InChI=1S/C23H24F3NO3.C4H8O/c1-13-8-15-11-16(28)5-6-17(15)22(27(13)12-23(2,3)26)21-18(24)9-14(10-19(21)25)4-7-20(29)30;1-2-4-5-3-1/h4-7,9-11,13,22,28H,8,12H2,1-3H3,(H,29,30);1-4H2/b7-4+;. The Bertz CT molecular complexity index is 1050. The number of phenolic OH excluding ortho intramolecular Hbond substituents is 1. The summed E-state index contributed by atoms with van der Waals surface area (Å²) in [6.45, 7) is 6.63. The van der Waals surface area contributed by atoms with Crippen LogP contribution in [-0.4, -0.2) is 52.6 Å². The number of hydrogen-bond donors (Lipinski definition) is 2. The number of carboxylic acids is 1. The van der Waals surface area contributed by atoms with Crippen molar-refractivity contribution in [3.8, 4) is 5.75 Å². The lowest BCUT2D eigenvalue weighted by atomic mass is 9.83. The highest BCUT2D eigenvalue weighted by atomic mass is 19.1. The van der Waals surface area contributed by atoms with Gasteiger partial charge in [0.2, 0.25) is 0 Å². The monoisotopic (exact) mass is 491 g/mol. The van der Waals surface area contributed by atoms with E-state index in [2.05, 4.69) is 0 Å². The first-order valence-electron chi connectivity index (χ1n) is 11.7. The Labute approximate surface area is 203 Å². The molecule has 35 heavy (non-hydrogen) atoms. The average Bonchev–Trinajstić information content (AvgIpc) is 3.33. The lowest BCUT2D eigenvalue weighted by Gasteiger charge is -2.44. The van der Waals surface area contributed by atoms with Crippen molar-refractivity contribution in [3.05, 3.63) is 70.3 Å². The van der Waals surface area contributed by atoms with Gasteiger partial charge in [0.15, 0.2) is 0 Å². The molecule has 0 aromatic heterocycles. The predicted molar refractivity (Wildman–Crippen MR) is 128 cm³/mol. The zero-order valence-corrected chi connectivity index (χ0v) is 20.2. The summed E-state index contributed by atoms with van der Waals surface area (Å²) in [5, 5.41) is 18.6. The number of benzene rings is 2. The van der Waals surface area contributed by atoms with Gasteiger partial charge in [-0.05, 0) is 87.1 Å². The van der Waals surface area contributed by atoms with Gasteiger partial charge in [-0.2, -0.15) is 0 Å². The summed E-state index contributed by atoms with van der Waals surface area (Å²) in [6.07, 6.45) is 4.96. The molecule has 8 heteroatoms. The maximum Gasteiger partial charge on any atom is 0.328 e. The Balaban J connectivity index is 0.000000607. The van der Waals surface area contributed by atoms with Crippen LogP contribution in [0.2, 0.25) is 0 Å². The van der Waals surface area contributed by atoms with Crippen LogP contribution in [0.5, 0.6) is 5.75 Å². The van der Waals surface area contributed by atoms with Gasteiger partial charge in [-0.1, -0.05) is 6.07 Å². The number of fused-ring (bicyclic) bond motifs is 1. The molecule has 0 aliphatic carbocycles. The van der Waals surface area contributed by atoms with E-state index in [1.54, 1.807) is 17.0 Å². The van der Waals surface area contributed by atoms with Crippen LogP contribution in [-0.2, 0) is 16.0 Å². The first-order chi connectivity index (χ1) is 16.5. The second-order valence-corrected chi connectivity index (χ2v) is 9.62. The molecule has 5 nitrogen and oxygen atoms in total. The molecule has 2 N–H and O–H groups in total. The summed E-state index contributed by atoms with van der Waals surface area (Å²) in [7, 11) is 0. The Morgan fingerprint density at radius 1 is 1.17 bits per heavy atom. The van der Waals surface area contributed by atoms with Crippen molar-refractivity contribution in [2.75, 3.05) is 19.8 Å². The van der Waals surface area contributed by atoms with Crippen molar-refractivity contribution in [2.45, 2.75) is 57.8 Å². The Morgan fingerprint density at radius 3 is 2.31 bits per heavy atom. The van der Waals surface area contributed by atoms with E-state index < -0.39 is 29.3 Å². The van der Waals surface area contributed by atoms with Crippen LogP contribution in [0.3, 0.4) is 0 Å². The van der Waals surface area contributed by atoms with Crippen molar-refractivity contribution < 1.29 is 32.9 Å². The highest BCUT2D eigenvalue weighted by molar-refractivity contribution is 5.85. The number of nitrogens with zero attached hydrogens (tertiary/aromatic N) is 1. The highest BCUT2D eigenvalue weighted by Gasteiger charge is 2.39. The number of aliphatic carboxylic acids is 1. The lowest BCUT2D eigenvalue weighted by molar-refractivity contribution is -0.131. The fourth-order valence-corrected chi connectivity index (χ4v) is 4.55. The number of hydrogen-bond acceptors (Lipinski definition) is 4. The molecular weight excluding hydrogens is 459 g/mol. The van der Waals surface area contributed by atoms with Gasteiger partial charge in [0.25, 0.3) is 0 Å². The molecule has 190 valence electrons. The van der Waals surface area contributed by atoms with Gasteiger partial charge in [-0.15, -0.1) is 0 Å². The molecule has 0 saturated carbocycles. The zero-order chi connectivity index (χ0) is 25.8. The number of phenols is 1. The molecule has 4 rings (SSSR count). The minimum absolute atomic E-state index is 0.0430. The van der Waals surface area contributed by atoms with Gasteiger partial charge in [-0.25, -0.2) is 18.0 Å². The van der Waals surface area contributed by atoms with Crippen LogP contribution in [0.1, 0.15) is 61.9 Å². The number of halogens is 3. The van der Waals surface area contributed by atoms with E-state index in [0.29, 0.717) is 12.0 Å². The third kappa shape index (κ3) is 7.08. The van der Waals surface area contributed by atoms with Crippen molar-refractivity contribution in [2.24, 2.45) is 0 Å². The van der Waals surface area contributed by atoms with E-state index in [9.17, 15) is 14.3 Å². The topological polar surface area (TPSA) is 70.0 Å². The molecule has 1 fully saturated rings. The van der Waals surface area contributed by atoms with Crippen molar-refractivity contribution >= 4 is 12.0 Å². The molecule has 2 aromatic rings. The third-order valence-corrected chi connectivity index (χ3v) is 6.01. The second kappa shape index (κ2) is 11.3. The molecular formula is C27H32F3NO4. The van der Waals surface area contributed by atoms with Crippen LogP contribution < -0.4 is 0 Å². The number of rotatable bonds is 5. The summed E-state index contributed by atoms with van der Waals surface area (Å²) in [4.78, 5) is 12.4. The van der Waals surface area contributed by atoms with E-state index in [4.69, 9.17) is 9.84 Å². The molecule has 2 heterocycles. The fourth-order valence-electron chi connectivity index (χ4n) is 4.55. The van der Waals surface area contributed by atoms with Crippen LogP contribution in [0.25, 0.3) is 6.08 Å². The molecule has 2 aliphatic heterocycles. The van der Waals surface area contributed by atoms with Gasteiger partial charge in [0.05, 0.1) is 6.04 Å². The van der Waals surface area contributed by atoms with E-state index in [1.165, 1.54) is 32.8 Å². The molecule has 0 radical (unpaired) electrons. The largest absolute Gasteiger partial charge is 0.508 e. The number of carbonyl (C=O) groups is 1. The van der Waals surface area contributed by atoms with Gasteiger partial charge in [0.1, 0.15) is 23.1 Å². The molecule has 1 saturated heterocycles. The first kappa shape index (κ1) is 26.8. The van der Waals surface area contributed by atoms with E-state index in [-0.39, 0.29) is 29.5 Å². The van der Waals surface area contributed by atoms with Crippen LogP contribution in [0, 0.1) is 11.6 Å². The number of aromatic hydroxyl groups is 1. The fraction of sp³-hybridized carbons (Fsp3) is 0.444. The quantitative estimate of drug-likeness (QED) is 0.529. The average molecular weight is 492 g/mol. The van der Waals surface area contributed by atoms with Crippen molar-refractivity contribution in [1.29, 1.82) is 0 Å². The van der Waals surface area contributed by atoms with Gasteiger partial charge < -0.3 is 14.9 Å². The minimum Gasteiger partial charge on any atom is -0.508 e. The van der Waals surface area contributed by atoms with E-state index >= 15 is 8.78 Å².